The second-order valence-electron chi connectivity index (χ2n) is 3.64. The predicted octanol–water partition coefficient (Wildman–Crippen LogP) is 2.51. The highest BCUT2D eigenvalue weighted by Crippen LogP contribution is 2.30. The smallest absolute Gasteiger partial charge is 0.240 e. The number of hydrogen-bond acceptors (Lipinski definition) is 5. The van der Waals surface area contributed by atoms with Gasteiger partial charge in [-0.15, -0.1) is 0 Å². The van der Waals surface area contributed by atoms with Crippen LogP contribution in [-0.4, -0.2) is 23.8 Å². The largest absolute Gasteiger partial charge is 0.496 e. The first-order valence-corrected chi connectivity index (χ1v) is 5.99. The number of ether oxygens (including phenoxy) is 1. The Morgan fingerprint density at radius 3 is 3.00 bits per heavy atom. The van der Waals surface area contributed by atoms with E-state index in [2.05, 4.69) is 15.5 Å². The van der Waals surface area contributed by atoms with Gasteiger partial charge in [-0.1, -0.05) is 23.7 Å². The molecule has 0 saturated heterocycles. The lowest BCUT2D eigenvalue weighted by atomic mass is 10.2. The van der Waals surface area contributed by atoms with Crippen molar-refractivity contribution in [3.63, 3.8) is 0 Å². The van der Waals surface area contributed by atoms with Crippen molar-refractivity contribution in [2.75, 3.05) is 13.7 Å². The molecule has 1 aromatic heterocycles. The van der Waals surface area contributed by atoms with Crippen LogP contribution in [-0.2, 0) is 6.54 Å². The first kappa shape index (κ1) is 12.9. The molecule has 0 aliphatic rings. The Kier molecular flexibility index (Phi) is 4.17. The SMILES string of the molecule is CCNCc1nc(-c2ccc(Cl)cc2OC)no1. The number of nitrogens with one attached hydrogen (secondary N) is 1. The number of halogens is 1. The monoisotopic (exact) mass is 267 g/mol. The summed E-state index contributed by atoms with van der Waals surface area (Å²) in [4.78, 5) is 4.29. The van der Waals surface area contributed by atoms with Crippen LogP contribution in [0.15, 0.2) is 22.7 Å². The van der Waals surface area contributed by atoms with Crippen molar-refractivity contribution in [2.24, 2.45) is 0 Å². The average molecular weight is 268 g/mol. The molecule has 0 amide bonds. The van der Waals surface area contributed by atoms with E-state index in [4.69, 9.17) is 20.9 Å². The minimum Gasteiger partial charge on any atom is -0.496 e. The molecule has 1 heterocycles. The van der Waals surface area contributed by atoms with Crippen LogP contribution in [0.5, 0.6) is 5.75 Å². The fourth-order valence-corrected chi connectivity index (χ4v) is 1.68. The van der Waals surface area contributed by atoms with E-state index in [1.165, 1.54) is 0 Å². The maximum absolute atomic E-state index is 5.90. The quantitative estimate of drug-likeness (QED) is 0.902. The molecule has 0 bridgehead atoms. The van der Waals surface area contributed by atoms with Gasteiger partial charge in [0.15, 0.2) is 0 Å². The predicted molar refractivity (Wildman–Crippen MR) is 68.7 cm³/mol. The van der Waals surface area contributed by atoms with Gasteiger partial charge in [-0.05, 0) is 24.7 Å². The molecule has 0 spiro atoms. The van der Waals surface area contributed by atoms with E-state index in [1.807, 2.05) is 13.0 Å². The maximum atomic E-state index is 5.90. The zero-order valence-corrected chi connectivity index (χ0v) is 11.0. The molecule has 6 heteroatoms. The van der Waals surface area contributed by atoms with Crippen molar-refractivity contribution in [1.29, 1.82) is 0 Å². The Balaban J connectivity index is 2.28. The van der Waals surface area contributed by atoms with Crippen molar-refractivity contribution in [3.8, 4) is 17.1 Å². The Bertz CT molecular complexity index is 528. The van der Waals surface area contributed by atoms with Crippen LogP contribution in [0.3, 0.4) is 0 Å². The molecule has 0 saturated carbocycles. The highest BCUT2D eigenvalue weighted by molar-refractivity contribution is 6.30. The molecule has 1 aromatic carbocycles. The minimum atomic E-state index is 0.497. The summed E-state index contributed by atoms with van der Waals surface area (Å²) in [6.45, 7) is 3.42. The van der Waals surface area contributed by atoms with Gasteiger partial charge in [-0.3, -0.25) is 0 Å². The van der Waals surface area contributed by atoms with E-state index in [9.17, 15) is 0 Å². The Morgan fingerprint density at radius 2 is 2.28 bits per heavy atom. The number of benzene rings is 1. The number of aromatic nitrogens is 2. The van der Waals surface area contributed by atoms with Gasteiger partial charge in [0.1, 0.15) is 5.75 Å². The average Bonchev–Trinajstić information content (AvgIpc) is 2.84. The summed E-state index contributed by atoms with van der Waals surface area (Å²) in [5.74, 6) is 1.67. The van der Waals surface area contributed by atoms with Gasteiger partial charge in [-0.2, -0.15) is 4.98 Å². The van der Waals surface area contributed by atoms with Gasteiger partial charge < -0.3 is 14.6 Å². The summed E-state index contributed by atoms with van der Waals surface area (Å²) in [5, 5.41) is 7.65. The molecule has 1 N–H and O–H groups in total. The number of methoxy groups -OCH3 is 1. The van der Waals surface area contributed by atoms with Gasteiger partial charge in [0.05, 0.1) is 19.2 Å². The molecule has 96 valence electrons. The minimum absolute atomic E-state index is 0.497. The molecule has 5 nitrogen and oxygen atoms in total. The number of nitrogens with zero attached hydrogens (tertiary/aromatic N) is 2. The van der Waals surface area contributed by atoms with Crippen molar-refractivity contribution >= 4 is 11.6 Å². The van der Waals surface area contributed by atoms with Gasteiger partial charge >= 0.3 is 0 Å². The van der Waals surface area contributed by atoms with E-state index >= 15 is 0 Å². The van der Waals surface area contributed by atoms with Crippen molar-refractivity contribution in [3.05, 3.63) is 29.1 Å². The fraction of sp³-hybridized carbons (Fsp3) is 0.333. The molecule has 0 unspecified atom stereocenters. The molecule has 18 heavy (non-hydrogen) atoms. The topological polar surface area (TPSA) is 60.2 Å². The van der Waals surface area contributed by atoms with Crippen LogP contribution in [0, 0.1) is 0 Å². The molecular formula is C12H14ClN3O2. The lowest BCUT2D eigenvalue weighted by molar-refractivity contribution is 0.369. The second-order valence-corrected chi connectivity index (χ2v) is 4.07. The normalized spacial score (nSPS) is 10.6. The molecule has 2 rings (SSSR count). The van der Waals surface area contributed by atoms with Crippen LogP contribution in [0.4, 0.5) is 0 Å². The van der Waals surface area contributed by atoms with E-state index in [0.29, 0.717) is 29.0 Å². The van der Waals surface area contributed by atoms with Crippen LogP contribution < -0.4 is 10.1 Å². The maximum Gasteiger partial charge on any atom is 0.240 e. The molecule has 0 fully saturated rings. The summed E-state index contributed by atoms with van der Waals surface area (Å²) in [7, 11) is 1.58. The summed E-state index contributed by atoms with van der Waals surface area (Å²) in [5.41, 5.74) is 0.758. The third-order valence-corrected chi connectivity index (χ3v) is 2.63. The summed E-state index contributed by atoms with van der Waals surface area (Å²) < 4.78 is 10.4. The Labute approximate surface area is 110 Å². The first-order chi connectivity index (χ1) is 8.74. The molecule has 0 aliphatic carbocycles. The highest BCUT2D eigenvalue weighted by Gasteiger charge is 2.13. The van der Waals surface area contributed by atoms with Crippen LogP contribution in [0.1, 0.15) is 12.8 Å². The van der Waals surface area contributed by atoms with Crippen LogP contribution in [0.25, 0.3) is 11.4 Å². The third kappa shape index (κ3) is 2.80. The molecule has 0 aliphatic heterocycles. The van der Waals surface area contributed by atoms with Gasteiger partial charge in [-0.25, -0.2) is 0 Å². The highest BCUT2D eigenvalue weighted by atomic mass is 35.5. The molecular weight excluding hydrogens is 254 g/mol. The fourth-order valence-electron chi connectivity index (χ4n) is 1.52. The lowest BCUT2D eigenvalue weighted by Gasteiger charge is -2.04. The summed E-state index contributed by atoms with van der Waals surface area (Å²) in [6.07, 6.45) is 0. The van der Waals surface area contributed by atoms with Crippen molar-refractivity contribution < 1.29 is 9.26 Å². The van der Waals surface area contributed by atoms with Crippen molar-refractivity contribution in [1.82, 2.24) is 15.5 Å². The van der Waals surface area contributed by atoms with Crippen LogP contribution in [0.2, 0.25) is 5.02 Å². The lowest BCUT2D eigenvalue weighted by Crippen LogP contribution is -2.11. The van der Waals surface area contributed by atoms with Gasteiger partial charge in [0.25, 0.3) is 0 Å². The van der Waals surface area contributed by atoms with Crippen molar-refractivity contribution in [2.45, 2.75) is 13.5 Å². The van der Waals surface area contributed by atoms with Crippen LogP contribution >= 0.6 is 11.6 Å². The zero-order chi connectivity index (χ0) is 13.0. The summed E-state index contributed by atoms with van der Waals surface area (Å²) in [6, 6.07) is 5.29. The third-order valence-electron chi connectivity index (χ3n) is 2.40. The zero-order valence-electron chi connectivity index (χ0n) is 10.2. The van der Waals surface area contributed by atoms with E-state index in [1.54, 1.807) is 19.2 Å². The second kappa shape index (κ2) is 5.84. The Hall–Kier alpha value is -1.59. The van der Waals surface area contributed by atoms with Gasteiger partial charge in [0, 0.05) is 5.02 Å². The summed E-state index contributed by atoms with van der Waals surface area (Å²) >= 11 is 5.90. The Morgan fingerprint density at radius 1 is 1.44 bits per heavy atom. The number of rotatable bonds is 5. The van der Waals surface area contributed by atoms with Gasteiger partial charge in [0.2, 0.25) is 11.7 Å². The molecule has 2 aromatic rings. The number of hydrogen-bond donors (Lipinski definition) is 1. The standard InChI is InChI=1S/C12H14ClN3O2/c1-3-14-7-11-15-12(16-18-11)9-5-4-8(13)6-10(9)17-2/h4-6,14H,3,7H2,1-2H3. The van der Waals surface area contributed by atoms with E-state index < -0.39 is 0 Å². The molecule has 0 radical (unpaired) electrons. The van der Waals surface area contributed by atoms with E-state index in [0.717, 1.165) is 12.1 Å². The first-order valence-electron chi connectivity index (χ1n) is 5.61. The molecule has 0 atom stereocenters. The van der Waals surface area contributed by atoms with E-state index in [-0.39, 0.29) is 0 Å².